The van der Waals surface area contributed by atoms with E-state index in [1.54, 1.807) is 6.08 Å². The largest absolute Gasteiger partial charge is 0.185 e. The fourth-order valence-corrected chi connectivity index (χ4v) is 0.301. The van der Waals surface area contributed by atoms with Gasteiger partial charge in [-0.05, 0) is 11.8 Å². The van der Waals surface area contributed by atoms with Crippen LogP contribution in [0.3, 0.4) is 0 Å². The number of thioether (sulfide) groups is 1. The van der Waals surface area contributed by atoms with Crippen molar-refractivity contribution in [2.75, 3.05) is 0 Å². The van der Waals surface area contributed by atoms with Crippen molar-refractivity contribution in [2.45, 2.75) is 0 Å². The molecular formula is C5H5NS. The van der Waals surface area contributed by atoms with E-state index in [1.807, 2.05) is 5.40 Å². The van der Waals surface area contributed by atoms with Crippen molar-refractivity contribution in [3.63, 3.8) is 0 Å². The second-order valence-corrected chi connectivity index (χ2v) is 1.77. The molecule has 0 aromatic carbocycles. The molecule has 1 nitrogen and oxygen atoms in total. The van der Waals surface area contributed by atoms with Crippen molar-refractivity contribution in [1.29, 1.82) is 5.26 Å². The van der Waals surface area contributed by atoms with E-state index in [0.717, 1.165) is 11.8 Å². The molecule has 0 atom stereocenters. The van der Waals surface area contributed by atoms with Gasteiger partial charge in [0.05, 0.1) is 0 Å². The van der Waals surface area contributed by atoms with Crippen molar-refractivity contribution < 1.29 is 0 Å². The first-order valence-electron chi connectivity index (χ1n) is 1.68. The Balaban J connectivity index is 3.42. The van der Waals surface area contributed by atoms with Gasteiger partial charge >= 0.3 is 0 Å². The van der Waals surface area contributed by atoms with E-state index in [1.165, 1.54) is 0 Å². The van der Waals surface area contributed by atoms with E-state index in [2.05, 4.69) is 13.2 Å². The van der Waals surface area contributed by atoms with Gasteiger partial charge in [-0.3, -0.25) is 0 Å². The summed E-state index contributed by atoms with van der Waals surface area (Å²) < 4.78 is 0. The van der Waals surface area contributed by atoms with Crippen LogP contribution in [0, 0.1) is 10.7 Å². The van der Waals surface area contributed by atoms with E-state index in [-0.39, 0.29) is 0 Å². The Morgan fingerprint density at radius 3 is 2.57 bits per heavy atom. The van der Waals surface area contributed by atoms with Gasteiger partial charge in [-0.2, -0.15) is 5.26 Å². The van der Waals surface area contributed by atoms with Crippen LogP contribution in [-0.2, 0) is 0 Å². The zero-order valence-electron chi connectivity index (χ0n) is 3.85. The van der Waals surface area contributed by atoms with E-state index >= 15 is 0 Å². The molecule has 36 valence electrons. The van der Waals surface area contributed by atoms with Gasteiger partial charge in [-0.1, -0.05) is 19.2 Å². The Hall–Kier alpha value is -0.680. The zero-order valence-corrected chi connectivity index (χ0v) is 4.66. The molecule has 2 heteroatoms. The van der Waals surface area contributed by atoms with Crippen LogP contribution >= 0.6 is 11.8 Å². The van der Waals surface area contributed by atoms with Crippen molar-refractivity contribution in [2.24, 2.45) is 0 Å². The van der Waals surface area contributed by atoms with Crippen molar-refractivity contribution in [3.8, 4) is 5.40 Å². The molecule has 0 saturated heterocycles. The first-order valence-corrected chi connectivity index (χ1v) is 2.50. The number of hydrogen-bond donors (Lipinski definition) is 0. The van der Waals surface area contributed by atoms with Crippen LogP contribution in [-0.4, -0.2) is 0 Å². The molecule has 0 heterocycles. The molecule has 0 fully saturated rings. The first kappa shape index (κ1) is 6.32. The van der Waals surface area contributed by atoms with Gasteiger partial charge in [0.1, 0.15) is 5.40 Å². The van der Waals surface area contributed by atoms with E-state index in [9.17, 15) is 0 Å². The highest BCUT2D eigenvalue weighted by molar-refractivity contribution is 8.07. The van der Waals surface area contributed by atoms with Crippen LogP contribution in [0.5, 0.6) is 0 Å². The summed E-state index contributed by atoms with van der Waals surface area (Å²) in [6.07, 6.45) is 1.55. The second kappa shape index (κ2) is 3.51. The lowest BCUT2D eigenvalue weighted by Crippen LogP contribution is -1.54. The van der Waals surface area contributed by atoms with Crippen LogP contribution in [0.1, 0.15) is 0 Å². The third kappa shape index (κ3) is 3.14. The average Bonchev–Trinajstić information content (AvgIpc) is 1.68. The Morgan fingerprint density at radius 2 is 2.43 bits per heavy atom. The van der Waals surface area contributed by atoms with Crippen molar-refractivity contribution in [3.05, 3.63) is 24.1 Å². The number of nitrogens with zero attached hydrogens (tertiary/aromatic N) is 1. The van der Waals surface area contributed by atoms with Gasteiger partial charge < -0.3 is 0 Å². The molecule has 0 saturated carbocycles. The van der Waals surface area contributed by atoms with E-state index in [0.29, 0.717) is 4.91 Å². The topological polar surface area (TPSA) is 23.8 Å². The Kier molecular flexibility index (Phi) is 3.17. The molecule has 0 amide bonds. The third-order valence-electron chi connectivity index (χ3n) is 0.404. The third-order valence-corrected chi connectivity index (χ3v) is 0.925. The standard InChI is InChI=1S/C5H5NS/c1-3-5(2)7-4-6/h3H,1-2H2. The molecule has 0 aromatic rings. The lowest BCUT2D eigenvalue weighted by atomic mass is 10.6. The molecule has 0 unspecified atom stereocenters. The number of nitriles is 1. The molecule has 0 spiro atoms. The van der Waals surface area contributed by atoms with Crippen LogP contribution in [0.25, 0.3) is 0 Å². The van der Waals surface area contributed by atoms with Crippen molar-refractivity contribution in [1.82, 2.24) is 0 Å². The summed E-state index contributed by atoms with van der Waals surface area (Å²) in [6, 6.07) is 0. The average molecular weight is 111 g/mol. The fraction of sp³-hybridized carbons (Fsp3) is 0. The predicted molar refractivity (Wildman–Crippen MR) is 32.5 cm³/mol. The number of hydrogen-bond acceptors (Lipinski definition) is 2. The SMILES string of the molecule is C=CC(=C)SC#N. The van der Waals surface area contributed by atoms with E-state index in [4.69, 9.17) is 5.26 Å². The predicted octanol–water partition coefficient (Wildman–Crippen LogP) is 1.90. The summed E-state index contributed by atoms with van der Waals surface area (Å²) in [7, 11) is 0. The summed E-state index contributed by atoms with van der Waals surface area (Å²) >= 11 is 1.02. The molecule has 0 aliphatic heterocycles. The smallest absolute Gasteiger partial charge is 0.138 e. The van der Waals surface area contributed by atoms with Gasteiger partial charge in [-0.15, -0.1) is 0 Å². The number of allylic oxidation sites excluding steroid dienone is 1. The fourth-order valence-electron chi connectivity index (χ4n) is 0.100. The van der Waals surface area contributed by atoms with E-state index < -0.39 is 0 Å². The molecule has 0 bridgehead atoms. The lowest BCUT2D eigenvalue weighted by molar-refractivity contribution is 1.57. The molecule has 0 radical (unpaired) electrons. The van der Waals surface area contributed by atoms with Gasteiger partial charge in [0.2, 0.25) is 0 Å². The molecule has 0 aromatic heterocycles. The highest BCUT2D eigenvalue weighted by Crippen LogP contribution is 2.09. The van der Waals surface area contributed by atoms with Gasteiger partial charge in [-0.25, -0.2) is 0 Å². The summed E-state index contributed by atoms with van der Waals surface area (Å²) in [5.41, 5.74) is 0. The van der Waals surface area contributed by atoms with Gasteiger partial charge in [0, 0.05) is 4.91 Å². The van der Waals surface area contributed by atoms with Crippen molar-refractivity contribution >= 4 is 11.8 Å². The Morgan fingerprint density at radius 1 is 1.86 bits per heavy atom. The zero-order chi connectivity index (χ0) is 5.70. The van der Waals surface area contributed by atoms with Crippen LogP contribution in [0.2, 0.25) is 0 Å². The normalized spacial score (nSPS) is 6.71. The van der Waals surface area contributed by atoms with Gasteiger partial charge in [0.15, 0.2) is 0 Å². The molecule has 0 N–H and O–H groups in total. The summed E-state index contributed by atoms with van der Waals surface area (Å²) in [4.78, 5) is 0.697. The molecule has 7 heavy (non-hydrogen) atoms. The monoisotopic (exact) mass is 111 g/mol. The highest BCUT2D eigenvalue weighted by Gasteiger charge is 1.80. The maximum Gasteiger partial charge on any atom is 0.138 e. The first-order chi connectivity index (χ1) is 3.31. The van der Waals surface area contributed by atoms with Crippen LogP contribution < -0.4 is 0 Å². The summed E-state index contributed by atoms with van der Waals surface area (Å²) in [5.74, 6) is 0. The van der Waals surface area contributed by atoms with Crippen LogP contribution in [0.15, 0.2) is 24.1 Å². The second-order valence-electron chi connectivity index (χ2n) is 0.864. The number of thiocyanates is 1. The summed E-state index contributed by atoms with van der Waals surface area (Å²) in [6.45, 7) is 6.89. The Labute approximate surface area is 47.3 Å². The van der Waals surface area contributed by atoms with Gasteiger partial charge in [0.25, 0.3) is 0 Å². The molecular weight excluding hydrogens is 106 g/mol. The highest BCUT2D eigenvalue weighted by atomic mass is 32.2. The maximum atomic E-state index is 7.97. The minimum absolute atomic E-state index is 0.697. The minimum atomic E-state index is 0.697. The maximum absolute atomic E-state index is 7.97. The lowest BCUT2D eigenvalue weighted by Gasteiger charge is -1.80. The summed E-state index contributed by atoms with van der Waals surface area (Å²) in [5, 5.41) is 9.84. The molecule has 0 aliphatic rings. The Bertz CT molecular complexity index is 121. The quantitative estimate of drug-likeness (QED) is 0.401. The molecule has 0 rings (SSSR count). The number of rotatable bonds is 2. The molecule has 0 aliphatic carbocycles. The minimum Gasteiger partial charge on any atom is -0.185 e. The van der Waals surface area contributed by atoms with Crippen LogP contribution in [0.4, 0.5) is 0 Å².